The van der Waals surface area contributed by atoms with Gasteiger partial charge in [0.05, 0.1) is 0 Å². The molecule has 0 radical (unpaired) electrons. The van der Waals surface area contributed by atoms with Crippen LogP contribution in [0.5, 0.6) is 0 Å². The van der Waals surface area contributed by atoms with Gasteiger partial charge in [0.25, 0.3) is 0 Å². The Labute approximate surface area is 171 Å². The first kappa shape index (κ1) is 20.6. The predicted molar refractivity (Wildman–Crippen MR) is 105 cm³/mol. The van der Waals surface area contributed by atoms with Crippen LogP contribution in [-0.4, -0.2) is 24.1 Å². The van der Waals surface area contributed by atoms with Gasteiger partial charge in [-0.1, -0.05) is 12.8 Å². The molecule has 0 saturated heterocycles. The lowest BCUT2D eigenvalue weighted by atomic mass is 9.98. The SMILES string of the molecule is N#CC(C(=O)OC1CCCCC1)=c1sc(=C(C#N)C(=O)OC2CCCCC2)s1. The molecule has 0 aromatic carbocycles. The average molecular weight is 419 g/mol. The van der Waals surface area contributed by atoms with E-state index in [1.165, 1.54) is 0 Å². The van der Waals surface area contributed by atoms with E-state index in [9.17, 15) is 20.1 Å². The molecule has 3 rings (SSSR count). The fourth-order valence-corrected chi connectivity index (χ4v) is 5.54. The van der Waals surface area contributed by atoms with Crippen molar-refractivity contribution in [2.75, 3.05) is 0 Å². The molecule has 28 heavy (non-hydrogen) atoms. The summed E-state index contributed by atoms with van der Waals surface area (Å²) in [7, 11) is 0. The first-order valence-corrected chi connectivity index (χ1v) is 11.3. The molecule has 148 valence electrons. The first-order valence-electron chi connectivity index (χ1n) is 9.68. The van der Waals surface area contributed by atoms with Crippen LogP contribution in [0.1, 0.15) is 64.2 Å². The Morgan fingerprint density at radius 1 is 0.714 bits per heavy atom. The summed E-state index contributed by atoms with van der Waals surface area (Å²) < 4.78 is 11.8. The van der Waals surface area contributed by atoms with Gasteiger partial charge in [0.15, 0.2) is 11.1 Å². The molecule has 8 heteroatoms. The van der Waals surface area contributed by atoms with Crippen LogP contribution in [0.4, 0.5) is 0 Å². The van der Waals surface area contributed by atoms with Crippen molar-refractivity contribution >= 4 is 45.8 Å². The van der Waals surface area contributed by atoms with Crippen molar-refractivity contribution in [3.8, 4) is 12.1 Å². The maximum absolute atomic E-state index is 12.3. The Kier molecular flexibility index (Phi) is 7.24. The third-order valence-corrected chi connectivity index (χ3v) is 7.62. The number of nitriles is 2. The summed E-state index contributed by atoms with van der Waals surface area (Å²) in [4.78, 5) is 24.6. The van der Waals surface area contributed by atoms with E-state index in [1.54, 1.807) is 0 Å². The second-order valence-electron chi connectivity index (χ2n) is 7.08. The van der Waals surface area contributed by atoms with E-state index in [1.807, 2.05) is 12.1 Å². The molecule has 2 aliphatic rings. The van der Waals surface area contributed by atoms with Gasteiger partial charge < -0.3 is 9.47 Å². The molecule has 1 aromatic heterocycles. The smallest absolute Gasteiger partial charge is 0.351 e. The molecule has 1 heterocycles. The Bertz CT molecular complexity index is 829. The highest BCUT2D eigenvalue weighted by atomic mass is 32.2. The van der Waals surface area contributed by atoms with Crippen molar-refractivity contribution in [1.82, 2.24) is 0 Å². The molecule has 2 aliphatic carbocycles. The lowest BCUT2D eigenvalue weighted by Crippen LogP contribution is -2.27. The molecular formula is C20H22N2O4S2. The maximum atomic E-state index is 12.3. The van der Waals surface area contributed by atoms with Crippen LogP contribution in [-0.2, 0) is 19.1 Å². The minimum atomic E-state index is -0.619. The van der Waals surface area contributed by atoms with E-state index in [0.717, 1.165) is 86.9 Å². The van der Waals surface area contributed by atoms with E-state index >= 15 is 0 Å². The number of carbonyl (C=O) groups is 2. The molecule has 0 aliphatic heterocycles. The third kappa shape index (κ3) is 5.01. The Morgan fingerprint density at radius 2 is 1.07 bits per heavy atom. The van der Waals surface area contributed by atoms with E-state index in [-0.39, 0.29) is 23.4 Å². The minimum absolute atomic E-state index is 0.0535. The van der Waals surface area contributed by atoms with Crippen LogP contribution in [0.3, 0.4) is 0 Å². The number of nitrogens with zero attached hydrogens (tertiary/aromatic N) is 2. The number of carbonyl (C=O) groups excluding carboxylic acids is 2. The summed E-state index contributed by atoms with van der Waals surface area (Å²) >= 11 is 2.19. The van der Waals surface area contributed by atoms with Crippen LogP contribution in [0.2, 0.25) is 0 Å². The van der Waals surface area contributed by atoms with Gasteiger partial charge in [-0.3, -0.25) is 0 Å². The van der Waals surface area contributed by atoms with Gasteiger partial charge in [-0.2, -0.15) is 10.5 Å². The van der Waals surface area contributed by atoms with Crippen molar-refractivity contribution in [2.24, 2.45) is 0 Å². The molecule has 1 aromatic rings. The molecule has 0 unspecified atom stereocenters. The largest absolute Gasteiger partial charge is 0.458 e. The number of esters is 2. The van der Waals surface area contributed by atoms with Gasteiger partial charge in [-0.25, -0.2) is 9.59 Å². The molecule has 2 saturated carbocycles. The first-order chi connectivity index (χ1) is 13.6. The molecule has 0 amide bonds. The molecule has 0 spiro atoms. The van der Waals surface area contributed by atoms with Gasteiger partial charge in [0, 0.05) is 0 Å². The molecule has 6 nitrogen and oxygen atoms in total. The predicted octanol–water partition coefficient (Wildman–Crippen LogP) is 2.91. The van der Waals surface area contributed by atoms with Crippen molar-refractivity contribution in [1.29, 1.82) is 10.5 Å². The van der Waals surface area contributed by atoms with Gasteiger partial charge >= 0.3 is 11.9 Å². The quantitative estimate of drug-likeness (QED) is 0.697. The number of hydrogen-bond acceptors (Lipinski definition) is 8. The second kappa shape index (κ2) is 9.86. The van der Waals surface area contributed by atoms with Gasteiger partial charge in [-0.05, 0) is 51.4 Å². The molecule has 0 bridgehead atoms. The van der Waals surface area contributed by atoms with Crippen LogP contribution in [0.25, 0.3) is 11.1 Å². The molecular weight excluding hydrogens is 396 g/mol. The lowest BCUT2D eigenvalue weighted by molar-refractivity contribution is -0.144. The van der Waals surface area contributed by atoms with Crippen LogP contribution >= 0.6 is 22.7 Å². The highest BCUT2D eigenvalue weighted by Gasteiger charge is 2.24. The normalized spacial score (nSPS) is 17.9. The number of ether oxygens (including phenoxy) is 2. The summed E-state index contributed by atoms with van der Waals surface area (Å²) in [5.74, 6) is -1.24. The fourth-order valence-electron chi connectivity index (χ4n) is 3.52. The Morgan fingerprint density at radius 3 is 1.39 bits per heavy atom. The number of hydrogen-bond donors (Lipinski definition) is 0. The summed E-state index contributed by atoms with van der Waals surface area (Å²) in [5.41, 5.74) is -0.107. The molecule has 0 N–H and O–H groups in total. The van der Waals surface area contributed by atoms with Crippen molar-refractivity contribution in [2.45, 2.75) is 76.4 Å². The number of rotatable bonds is 4. The fraction of sp³-hybridized carbons (Fsp3) is 0.600. The average Bonchev–Trinajstić information content (AvgIpc) is 2.68. The van der Waals surface area contributed by atoms with Crippen molar-refractivity contribution in [3.05, 3.63) is 7.69 Å². The zero-order valence-electron chi connectivity index (χ0n) is 15.6. The second-order valence-corrected chi connectivity index (χ2v) is 9.64. The van der Waals surface area contributed by atoms with Gasteiger partial charge in [0.2, 0.25) is 0 Å². The van der Waals surface area contributed by atoms with Crippen molar-refractivity contribution < 1.29 is 19.1 Å². The summed E-state index contributed by atoms with van der Waals surface area (Å²) in [5, 5.41) is 18.7. The topological polar surface area (TPSA) is 100 Å². The zero-order chi connectivity index (χ0) is 19.9. The molecule has 2 fully saturated rings. The highest BCUT2D eigenvalue weighted by Crippen LogP contribution is 2.22. The van der Waals surface area contributed by atoms with Crippen LogP contribution in [0, 0.1) is 22.7 Å². The lowest BCUT2D eigenvalue weighted by Gasteiger charge is -2.21. The van der Waals surface area contributed by atoms with E-state index in [2.05, 4.69) is 0 Å². The van der Waals surface area contributed by atoms with Crippen LogP contribution in [0.15, 0.2) is 0 Å². The van der Waals surface area contributed by atoms with Crippen molar-refractivity contribution in [3.63, 3.8) is 0 Å². The standard InChI is InChI=1S/C20H22N2O4S2/c21-11-15(17(23)25-13-7-3-1-4-8-13)19-27-20(28-19)16(12-22)18(24)26-14-9-5-2-6-10-14/h13-14H,1-10H2. The van der Waals surface area contributed by atoms with Gasteiger partial charge in [-0.15, -0.1) is 22.7 Å². The van der Waals surface area contributed by atoms with E-state index in [0.29, 0.717) is 7.69 Å². The van der Waals surface area contributed by atoms with E-state index in [4.69, 9.17) is 9.47 Å². The zero-order valence-corrected chi connectivity index (χ0v) is 17.2. The monoisotopic (exact) mass is 418 g/mol. The maximum Gasteiger partial charge on any atom is 0.351 e. The molecule has 0 atom stereocenters. The highest BCUT2D eigenvalue weighted by molar-refractivity contribution is 7.36. The summed E-state index contributed by atoms with van der Waals surface area (Å²) in [6.07, 6.45) is 9.47. The van der Waals surface area contributed by atoms with Gasteiger partial charge in [0.1, 0.15) is 32.0 Å². The summed E-state index contributed by atoms with van der Waals surface area (Å²) in [6.45, 7) is 0. The summed E-state index contributed by atoms with van der Waals surface area (Å²) in [6, 6.07) is 3.82. The Balaban J connectivity index is 1.75. The Hall–Kier alpha value is -2.16. The minimum Gasteiger partial charge on any atom is -0.458 e. The third-order valence-electron chi connectivity index (χ3n) is 5.06. The van der Waals surface area contributed by atoms with Crippen LogP contribution < -0.4 is 7.69 Å². The van der Waals surface area contributed by atoms with E-state index < -0.39 is 11.9 Å².